The maximum atomic E-state index is 11.7. The highest BCUT2D eigenvalue weighted by Gasteiger charge is 2.08. The van der Waals surface area contributed by atoms with E-state index in [1.54, 1.807) is 38.5 Å². The van der Waals surface area contributed by atoms with Crippen LogP contribution < -0.4 is 4.74 Å². The summed E-state index contributed by atoms with van der Waals surface area (Å²) in [7, 11) is 3.19. The molecule has 17 heavy (non-hydrogen) atoms. The van der Waals surface area contributed by atoms with Gasteiger partial charge in [-0.05, 0) is 25.1 Å². The van der Waals surface area contributed by atoms with E-state index in [4.69, 9.17) is 14.2 Å². The molecule has 0 heterocycles. The first-order chi connectivity index (χ1) is 8.17. The highest BCUT2D eigenvalue weighted by molar-refractivity contribution is 5.89. The van der Waals surface area contributed by atoms with E-state index in [1.807, 2.05) is 6.92 Å². The number of hydrogen-bond donors (Lipinski definition) is 0. The van der Waals surface area contributed by atoms with E-state index in [0.717, 1.165) is 0 Å². The van der Waals surface area contributed by atoms with Crippen molar-refractivity contribution in [2.75, 3.05) is 20.8 Å². The molecule has 1 atom stereocenters. The van der Waals surface area contributed by atoms with Crippen molar-refractivity contribution in [3.05, 3.63) is 29.8 Å². The molecule has 0 spiro atoms. The quantitative estimate of drug-likeness (QED) is 0.713. The first-order valence-electron chi connectivity index (χ1n) is 5.51. The van der Waals surface area contributed by atoms with E-state index in [1.165, 1.54) is 0 Å². The molecule has 0 aliphatic rings. The van der Waals surface area contributed by atoms with Crippen molar-refractivity contribution in [2.45, 2.75) is 19.4 Å². The lowest BCUT2D eigenvalue weighted by atomic mass is 10.2. The van der Waals surface area contributed by atoms with E-state index in [2.05, 4.69) is 0 Å². The molecule has 0 bridgehead atoms. The maximum absolute atomic E-state index is 11.7. The third-order valence-corrected chi connectivity index (χ3v) is 2.47. The standard InChI is InChI=1S/C13H18O4/c1-10(15-2)7-8-17-13(14)11-5-4-6-12(9-11)16-3/h4-6,9-10H,7-8H2,1-3H3/t10-/m1/s1. The highest BCUT2D eigenvalue weighted by Crippen LogP contribution is 2.13. The zero-order valence-electron chi connectivity index (χ0n) is 10.4. The molecule has 94 valence electrons. The molecule has 1 aromatic carbocycles. The van der Waals surface area contributed by atoms with Crippen molar-refractivity contribution < 1.29 is 19.0 Å². The number of methoxy groups -OCH3 is 2. The number of esters is 1. The Labute approximate surface area is 101 Å². The van der Waals surface area contributed by atoms with E-state index in [-0.39, 0.29) is 12.1 Å². The average Bonchev–Trinajstić information content (AvgIpc) is 2.38. The second kappa shape index (κ2) is 6.91. The Balaban J connectivity index is 2.46. The Morgan fingerprint density at radius 3 is 2.76 bits per heavy atom. The van der Waals surface area contributed by atoms with E-state index < -0.39 is 0 Å². The van der Waals surface area contributed by atoms with Crippen LogP contribution in [-0.4, -0.2) is 32.9 Å². The predicted octanol–water partition coefficient (Wildman–Crippen LogP) is 2.28. The van der Waals surface area contributed by atoms with Crippen LogP contribution in [0.15, 0.2) is 24.3 Å². The molecule has 4 nitrogen and oxygen atoms in total. The minimum atomic E-state index is -0.341. The third kappa shape index (κ3) is 4.44. The molecule has 0 saturated carbocycles. The normalized spacial score (nSPS) is 11.9. The van der Waals surface area contributed by atoms with Gasteiger partial charge in [0.25, 0.3) is 0 Å². The van der Waals surface area contributed by atoms with Crippen molar-refractivity contribution in [3.63, 3.8) is 0 Å². The van der Waals surface area contributed by atoms with Crippen LogP contribution in [-0.2, 0) is 9.47 Å². The largest absolute Gasteiger partial charge is 0.497 e. The van der Waals surface area contributed by atoms with Gasteiger partial charge in [-0.25, -0.2) is 4.79 Å². The van der Waals surface area contributed by atoms with Crippen molar-refractivity contribution in [2.24, 2.45) is 0 Å². The lowest BCUT2D eigenvalue weighted by Gasteiger charge is -2.10. The topological polar surface area (TPSA) is 44.8 Å². The van der Waals surface area contributed by atoms with Gasteiger partial charge in [0.05, 0.1) is 25.4 Å². The van der Waals surface area contributed by atoms with Gasteiger partial charge in [0.1, 0.15) is 5.75 Å². The van der Waals surface area contributed by atoms with Gasteiger partial charge in [-0.15, -0.1) is 0 Å². The molecule has 0 fully saturated rings. The summed E-state index contributed by atoms with van der Waals surface area (Å²) in [5, 5.41) is 0. The molecule has 0 aliphatic carbocycles. The van der Waals surface area contributed by atoms with Crippen LogP contribution in [0.2, 0.25) is 0 Å². The van der Waals surface area contributed by atoms with Crippen molar-refractivity contribution >= 4 is 5.97 Å². The predicted molar refractivity (Wildman–Crippen MR) is 64.4 cm³/mol. The molecule has 0 unspecified atom stereocenters. The number of benzene rings is 1. The van der Waals surface area contributed by atoms with Crippen LogP contribution in [0.5, 0.6) is 5.75 Å². The van der Waals surface area contributed by atoms with Gasteiger partial charge in [-0.3, -0.25) is 0 Å². The SMILES string of the molecule is COc1cccc(C(=O)OCC[C@@H](C)OC)c1. The molecule has 1 rings (SSSR count). The monoisotopic (exact) mass is 238 g/mol. The minimum Gasteiger partial charge on any atom is -0.497 e. The van der Waals surface area contributed by atoms with Gasteiger partial charge in [-0.1, -0.05) is 6.07 Å². The van der Waals surface area contributed by atoms with Crippen LogP contribution in [0.1, 0.15) is 23.7 Å². The number of rotatable bonds is 6. The molecule has 0 aliphatic heterocycles. The highest BCUT2D eigenvalue weighted by atomic mass is 16.5. The first-order valence-corrected chi connectivity index (χ1v) is 5.51. The van der Waals surface area contributed by atoms with Gasteiger partial charge < -0.3 is 14.2 Å². The Morgan fingerprint density at radius 1 is 1.35 bits per heavy atom. The molecule has 0 radical (unpaired) electrons. The summed E-state index contributed by atoms with van der Waals surface area (Å²) in [6.45, 7) is 2.28. The smallest absolute Gasteiger partial charge is 0.338 e. The fourth-order valence-corrected chi connectivity index (χ4v) is 1.27. The second-order valence-corrected chi connectivity index (χ2v) is 3.70. The molecular formula is C13H18O4. The molecular weight excluding hydrogens is 220 g/mol. The maximum Gasteiger partial charge on any atom is 0.338 e. The molecule has 0 saturated heterocycles. The summed E-state index contributed by atoms with van der Waals surface area (Å²) in [4.78, 5) is 11.7. The number of carbonyl (C=O) groups is 1. The van der Waals surface area contributed by atoms with Crippen LogP contribution in [0.25, 0.3) is 0 Å². The van der Waals surface area contributed by atoms with Crippen molar-refractivity contribution in [3.8, 4) is 5.75 Å². The van der Waals surface area contributed by atoms with Crippen molar-refractivity contribution in [1.29, 1.82) is 0 Å². The number of hydrogen-bond acceptors (Lipinski definition) is 4. The molecule has 0 aromatic heterocycles. The first kappa shape index (κ1) is 13.5. The fraction of sp³-hybridized carbons (Fsp3) is 0.462. The van der Waals surface area contributed by atoms with Crippen LogP contribution in [0.3, 0.4) is 0 Å². The van der Waals surface area contributed by atoms with E-state index >= 15 is 0 Å². The fourth-order valence-electron chi connectivity index (χ4n) is 1.27. The van der Waals surface area contributed by atoms with Crippen LogP contribution >= 0.6 is 0 Å². The molecule has 0 N–H and O–H groups in total. The van der Waals surface area contributed by atoms with Gasteiger partial charge in [0, 0.05) is 13.5 Å². The van der Waals surface area contributed by atoms with E-state index in [9.17, 15) is 4.79 Å². The summed E-state index contributed by atoms with van der Waals surface area (Å²) in [6, 6.07) is 6.89. The summed E-state index contributed by atoms with van der Waals surface area (Å²) in [6.07, 6.45) is 0.778. The van der Waals surface area contributed by atoms with E-state index in [0.29, 0.717) is 24.3 Å². The van der Waals surface area contributed by atoms with Crippen LogP contribution in [0, 0.1) is 0 Å². The third-order valence-electron chi connectivity index (χ3n) is 2.47. The van der Waals surface area contributed by atoms with Gasteiger partial charge >= 0.3 is 5.97 Å². The second-order valence-electron chi connectivity index (χ2n) is 3.70. The Kier molecular flexibility index (Phi) is 5.49. The number of carbonyl (C=O) groups excluding carboxylic acids is 1. The Bertz CT molecular complexity index is 362. The zero-order chi connectivity index (χ0) is 12.7. The lowest BCUT2D eigenvalue weighted by molar-refractivity contribution is 0.0390. The molecule has 0 amide bonds. The number of ether oxygens (including phenoxy) is 3. The summed E-state index contributed by atoms with van der Waals surface area (Å²) >= 11 is 0. The molecule has 1 aromatic rings. The Hall–Kier alpha value is -1.55. The molecule has 4 heteroatoms. The lowest BCUT2D eigenvalue weighted by Crippen LogP contribution is -2.12. The Morgan fingerprint density at radius 2 is 2.12 bits per heavy atom. The minimum absolute atomic E-state index is 0.0908. The van der Waals surface area contributed by atoms with Crippen molar-refractivity contribution in [1.82, 2.24) is 0 Å². The van der Waals surface area contributed by atoms with Gasteiger partial charge in [-0.2, -0.15) is 0 Å². The van der Waals surface area contributed by atoms with Crippen LogP contribution in [0.4, 0.5) is 0 Å². The van der Waals surface area contributed by atoms with Gasteiger partial charge in [0.2, 0.25) is 0 Å². The summed E-state index contributed by atoms with van der Waals surface area (Å²) < 4.78 is 15.2. The summed E-state index contributed by atoms with van der Waals surface area (Å²) in [5.41, 5.74) is 0.495. The average molecular weight is 238 g/mol. The zero-order valence-corrected chi connectivity index (χ0v) is 10.4. The summed E-state index contributed by atoms with van der Waals surface area (Å²) in [5.74, 6) is 0.303. The van der Waals surface area contributed by atoms with Gasteiger partial charge in [0.15, 0.2) is 0 Å².